The van der Waals surface area contributed by atoms with Crippen LogP contribution >= 0.6 is 11.8 Å². The van der Waals surface area contributed by atoms with E-state index >= 15 is 0 Å². The van der Waals surface area contributed by atoms with Gasteiger partial charge in [0.1, 0.15) is 0 Å². The van der Waals surface area contributed by atoms with E-state index in [0.29, 0.717) is 12.1 Å². The van der Waals surface area contributed by atoms with E-state index in [1.807, 2.05) is 6.92 Å². The maximum Gasteiger partial charge on any atom is 0.237 e. The minimum atomic E-state index is -3.55. The summed E-state index contributed by atoms with van der Waals surface area (Å²) in [6.07, 6.45) is 6.04. The summed E-state index contributed by atoms with van der Waals surface area (Å²) in [6.45, 7) is 1.92. The Hall–Kier alpha value is -1.54. The van der Waals surface area contributed by atoms with Crippen LogP contribution in [-0.4, -0.2) is 37.3 Å². The quantitative estimate of drug-likeness (QED) is 0.752. The Labute approximate surface area is 164 Å². The molecule has 1 atom stereocenters. The van der Waals surface area contributed by atoms with Gasteiger partial charge < -0.3 is 10.6 Å². The number of sulfone groups is 1. The zero-order valence-corrected chi connectivity index (χ0v) is 17.1. The summed E-state index contributed by atoms with van der Waals surface area (Å²) in [5, 5.41) is 5.56. The molecule has 2 amide bonds. The monoisotopic (exact) mass is 410 g/mol. The molecule has 1 unspecified atom stereocenters. The number of carbonyl (C=O) groups excluding carboxylic acids is 2. The predicted octanol–water partition coefficient (Wildman–Crippen LogP) is 3.12. The lowest BCUT2D eigenvalue weighted by Gasteiger charge is -2.23. The summed E-state index contributed by atoms with van der Waals surface area (Å²) < 4.78 is 25.3. The fourth-order valence-corrected chi connectivity index (χ4v) is 5.89. The van der Waals surface area contributed by atoms with Gasteiger partial charge in [-0.15, -0.1) is 11.8 Å². The maximum absolute atomic E-state index is 12.7. The average molecular weight is 411 g/mol. The van der Waals surface area contributed by atoms with E-state index < -0.39 is 9.84 Å². The summed E-state index contributed by atoms with van der Waals surface area (Å²) in [6, 6.07) is 4.92. The molecule has 3 rings (SSSR count). The summed E-state index contributed by atoms with van der Waals surface area (Å²) in [5.41, 5.74) is 0.642. The third-order valence-electron chi connectivity index (χ3n) is 5.07. The molecule has 0 aromatic heterocycles. The zero-order chi connectivity index (χ0) is 19.4. The molecule has 148 valence electrons. The molecular weight excluding hydrogens is 384 g/mol. The van der Waals surface area contributed by atoms with Gasteiger partial charge in [0.05, 0.1) is 21.6 Å². The van der Waals surface area contributed by atoms with E-state index in [1.165, 1.54) is 24.2 Å². The van der Waals surface area contributed by atoms with Gasteiger partial charge in [0, 0.05) is 17.4 Å². The Bertz CT molecular complexity index is 817. The lowest BCUT2D eigenvalue weighted by atomic mass is 9.95. The molecule has 0 bridgehead atoms. The second-order valence-electron chi connectivity index (χ2n) is 7.13. The highest BCUT2D eigenvalue weighted by Gasteiger charge is 2.27. The van der Waals surface area contributed by atoms with Gasteiger partial charge in [-0.1, -0.05) is 26.2 Å². The Morgan fingerprint density at radius 2 is 2.00 bits per heavy atom. The van der Waals surface area contributed by atoms with Crippen molar-refractivity contribution < 1.29 is 18.0 Å². The van der Waals surface area contributed by atoms with Gasteiger partial charge in [-0.2, -0.15) is 0 Å². The van der Waals surface area contributed by atoms with Crippen molar-refractivity contribution in [1.82, 2.24) is 5.32 Å². The molecule has 1 aliphatic carbocycles. The van der Waals surface area contributed by atoms with Crippen molar-refractivity contribution in [2.24, 2.45) is 0 Å². The van der Waals surface area contributed by atoms with Crippen molar-refractivity contribution in [2.75, 3.05) is 11.1 Å². The van der Waals surface area contributed by atoms with Gasteiger partial charge in [-0.3, -0.25) is 9.59 Å². The average Bonchev–Trinajstić information content (AvgIpc) is 2.66. The van der Waals surface area contributed by atoms with Crippen molar-refractivity contribution in [3.63, 3.8) is 0 Å². The van der Waals surface area contributed by atoms with E-state index in [0.717, 1.165) is 30.6 Å². The van der Waals surface area contributed by atoms with Crippen LogP contribution in [0.4, 0.5) is 5.69 Å². The van der Waals surface area contributed by atoms with Crippen LogP contribution < -0.4 is 10.6 Å². The van der Waals surface area contributed by atoms with Crippen molar-refractivity contribution in [1.29, 1.82) is 0 Å². The lowest BCUT2D eigenvalue weighted by molar-refractivity contribution is -0.121. The highest BCUT2D eigenvalue weighted by molar-refractivity contribution is 8.01. The van der Waals surface area contributed by atoms with Crippen molar-refractivity contribution in [3.05, 3.63) is 18.2 Å². The number of fused-ring (bicyclic) bond motifs is 1. The largest absolute Gasteiger partial charge is 0.353 e. The number of benzene rings is 1. The first-order chi connectivity index (χ1) is 12.9. The zero-order valence-electron chi connectivity index (χ0n) is 15.5. The fourth-order valence-electron chi connectivity index (χ4n) is 3.48. The molecular formula is C19H26N2O4S2. The van der Waals surface area contributed by atoms with Gasteiger partial charge in [-0.25, -0.2) is 8.42 Å². The van der Waals surface area contributed by atoms with E-state index in [1.54, 1.807) is 12.1 Å². The molecule has 0 spiro atoms. The predicted molar refractivity (Wildman–Crippen MR) is 107 cm³/mol. The minimum absolute atomic E-state index is 0.0304. The smallest absolute Gasteiger partial charge is 0.237 e. The van der Waals surface area contributed by atoms with Crippen molar-refractivity contribution in [2.45, 2.75) is 73.0 Å². The number of anilines is 1. The van der Waals surface area contributed by atoms with E-state index in [4.69, 9.17) is 0 Å². The minimum Gasteiger partial charge on any atom is -0.353 e. The third-order valence-corrected chi connectivity index (χ3v) is 8.21. The number of hydrogen-bond donors (Lipinski definition) is 2. The van der Waals surface area contributed by atoms with E-state index in [9.17, 15) is 18.0 Å². The van der Waals surface area contributed by atoms with Crippen LogP contribution in [0, 0.1) is 0 Å². The van der Waals surface area contributed by atoms with E-state index in [2.05, 4.69) is 10.6 Å². The molecule has 0 radical (unpaired) electrons. The molecule has 1 aromatic carbocycles. The summed E-state index contributed by atoms with van der Waals surface area (Å²) in [7, 11) is -3.55. The Morgan fingerprint density at radius 1 is 1.26 bits per heavy atom. The summed E-state index contributed by atoms with van der Waals surface area (Å²) >= 11 is 1.39. The highest BCUT2D eigenvalue weighted by atomic mass is 32.2. The number of hydrogen-bond acceptors (Lipinski definition) is 5. The Morgan fingerprint density at radius 3 is 2.70 bits per heavy atom. The van der Waals surface area contributed by atoms with Crippen LogP contribution in [0.25, 0.3) is 0 Å². The maximum atomic E-state index is 12.7. The van der Waals surface area contributed by atoms with E-state index in [-0.39, 0.29) is 40.2 Å². The summed E-state index contributed by atoms with van der Waals surface area (Å²) in [4.78, 5) is 25.0. The summed E-state index contributed by atoms with van der Waals surface area (Å²) in [5.74, 6) is -0.459. The molecule has 1 aromatic rings. The highest BCUT2D eigenvalue weighted by Crippen LogP contribution is 2.38. The number of thioether (sulfide) groups is 1. The molecule has 1 aliphatic heterocycles. The third kappa shape index (κ3) is 5.04. The Kier molecular flexibility index (Phi) is 6.47. The topological polar surface area (TPSA) is 92.3 Å². The first-order valence-corrected chi connectivity index (χ1v) is 12.1. The molecule has 2 N–H and O–H groups in total. The van der Waals surface area contributed by atoms with Gasteiger partial charge in [-0.05, 0) is 37.5 Å². The second kappa shape index (κ2) is 8.65. The molecule has 1 saturated carbocycles. The van der Waals surface area contributed by atoms with Crippen LogP contribution in [0.15, 0.2) is 28.0 Å². The molecule has 6 nitrogen and oxygen atoms in total. The Balaban J connectivity index is 1.63. The van der Waals surface area contributed by atoms with Crippen LogP contribution in [0.1, 0.15) is 51.9 Å². The standard InChI is InChI=1S/C19H26N2O4S2/c1-2-16-19(23)21-15-9-8-14(12-17(15)26-16)27(24,25)11-10-18(22)20-13-6-4-3-5-7-13/h8-9,12-13,16H,2-7,10-11H2,1H3,(H,20,22)(H,21,23). The number of rotatable bonds is 6. The molecule has 1 fully saturated rings. The van der Waals surface area contributed by atoms with Crippen LogP contribution in [0.5, 0.6) is 0 Å². The van der Waals surface area contributed by atoms with Crippen molar-refractivity contribution >= 4 is 39.1 Å². The fraction of sp³-hybridized carbons (Fsp3) is 0.579. The van der Waals surface area contributed by atoms with Crippen LogP contribution in [0.2, 0.25) is 0 Å². The second-order valence-corrected chi connectivity index (χ2v) is 10.5. The van der Waals surface area contributed by atoms with Gasteiger partial charge in [0.25, 0.3) is 0 Å². The van der Waals surface area contributed by atoms with Crippen LogP contribution in [0.3, 0.4) is 0 Å². The molecule has 27 heavy (non-hydrogen) atoms. The van der Waals surface area contributed by atoms with Crippen molar-refractivity contribution in [3.8, 4) is 0 Å². The number of carbonyl (C=O) groups is 2. The molecule has 8 heteroatoms. The normalized spacial score (nSPS) is 20.6. The molecule has 2 aliphatic rings. The first-order valence-electron chi connectivity index (χ1n) is 9.52. The first kappa shape index (κ1) is 20.2. The molecule has 1 heterocycles. The van der Waals surface area contributed by atoms with Gasteiger partial charge in [0.15, 0.2) is 9.84 Å². The van der Waals surface area contributed by atoms with Gasteiger partial charge >= 0.3 is 0 Å². The molecule has 0 saturated heterocycles. The van der Waals surface area contributed by atoms with Gasteiger partial charge in [0.2, 0.25) is 11.8 Å². The van der Waals surface area contributed by atoms with Crippen LogP contribution in [-0.2, 0) is 19.4 Å². The number of amides is 2. The number of nitrogens with one attached hydrogen (secondary N) is 2. The lowest BCUT2D eigenvalue weighted by Crippen LogP contribution is -2.36. The SMILES string of the molecule is CCC1Sc2cc(S(=O)(=O)CCC(=O)NC3CCCCC3)ccc2NC1=O.